The van der Waals surface area contributed by atoms with Crippen LogP contribution in [0.25, 0.3) is 11.5 Å². The summed E-state index contributed by atoms with van der Waals surface area (Å²) in [5, 5.41) is 6.66. The highest BCUT2D eigenvalue weighted by molar-refractivity contribution is 5.77. The third-order valence-electron chi connectivity index (χ3n) is 3.02. The van der Waals surface area contributed by atoms with Crippen LogP contribution in [0.3, 0.4) is 0 Å². The van der Waals surface area contributed by atoms with E-state index in [1.807, 2.05) is 32.8 Å². The first kappa shape index (κ1) is 17.9. The van der Waals surface area contributed by atoms with Crippen LogP contribution in [0.4, 0.5) is 0 Å². The summed E-state index contributed by atoms with van der Waals surface area (Å²) in [6.07, 6.45) is 1.68. The van der Waals surface area contributed by atoms with Crippen molar-refractivity contribution in [2.45, 2.75) is 26.4 Å². The van der Waals surface area contributed by atoms with Crippen molar-refractivity contribution in [3.8, 4) is 17.3 Å². The van der Waals surface area contributed by atoms with Gasteiger partial charge in [0.1, 0.15) is 5.56 Å². The standard InChI is InChI=1S/C16H23N5O3/c1-11(2)23-15-12(6-5-7-18-15)16-19-13(20-24-16)10-14(22)17-8-9-21(3)4/h5-7,11H,8-10H2,1-4H3,(H,17,22). The van der Waals surface area contributed by atoms with E-state index in [2.05, 4.69) is 20.4 Å². The van der Waals surface area contributed by atoms with E-state index in [0.717, 1.165) is 6.54 Å². The number of nitrogens with zero attached hydrogens (tertiary/aromatic N) is 4. The fourth-order valence-electron chi connectivity index (χ4n) is 1.93. The second kappa shape index (κ2) is 8.39. The first-order chi connectivity index (χ1) is 11.5. The second-order valence-corrected chi connectivity index (χ2v) is 5.87. The summed E-state index contributed by atoms with van der Waals surface area (Å²) in [6.45, 7) is 5.17. The number of aromatic nitrogens is 3. The maximum atomic E-state index is 11.9. The minimum Gasteiger partial charge on any atom is -0.474 e. The number of likely N-dealkylation sites (N-methyl/N-ethyl adjacent to an activating group) is 1. The van der Waals surface area contributed by atoms with Crippen molar-refractivity contribution >= 4 is 5.91 Å². The number of hydrogen-bond acceptors (Lipinski definition) is 7. The number of hydrogen-bond donors (Lipinski definition) is 1. The van der Waals surface area contributed by atoms with Crippen LogP contribution < -0.4 is 10.1 Å². The van der Waals surface area contributed by atoms with Gasteiger partial charge in [-0.3, -0.25) is 4.79 Å². The van der Waals surface area contributed by atoms with Crippen LogP contribution in [0.15, 0.2) is 22.9 Å². The molecule has 2 rings (SSSR count). The summed E-state index contributed by atoms with van der Waals surface area (Å²) in [7, 11) is 3.89. The van der Waals surface area contributed by atoms with Gasteiger partial charge in [-0.2, -0.15) is 4.98 Å². The largest absolute Gasteiger partial charge is 0.474 e. The number of rotatable bonds is 8. The molecule has 0 aliphatic rings. The summed E-state index contributed by atoms with van der Waals surface area (Å²) < 4.78 is 10.9. The van der Waals surface area contributed by atoms with Gasteiger partial charge < -0.3 is 19.5 Å². The summed E-state index contributed by atoms with van der Waals surface area (Å²) >= 11 is 0. The van der Waals surface area contributed by atoms with Gasteiger partial charge >= 0.3 is 0 Å². The van der Waals surface area contributed by atoms with Crippen LogP contribution in [0.1, 0.15) is 19.7 Å². The Labute approximate surface area is 141 Å². The fraction of sp³-hybridized carbons (Fsp3) is 0.500. The first-order valence-electron chi connectivity index (χ1n) is 7.81. The molecular weight excluding hydrogens is 310 g/mol. The Hall–Kier alpha value is -2.48. The number of nitrogens with one attached hydrogen (secondary N) is 1. The smallest absolute Gasteiger partial charge is 0.263 e. The van der Waals surface area contributed by atoms with E-state index in [1.165, 1.54) is 0 Å². The number of carbonyl (C=O) groups is 1. The van der Waals surface area contributed by atoms with Crippen LogP contribution in [0.5, 0.6) is 5.88 Å². The van der Waals surface area contributed by atoms with Gasteiger partial charge in [-0.15, -0.1) is 0 Å². The molecule has 0 aliphatic carbocycles. The Morgan fingerprint density at radius 2 is 2.21 bits per heavy atom. The maximum absolute atomic E-state index is 11.9. The Kier molecular flexibility index (Phi) is 6.25. The quantitative estimate of drug-likeness (QED) is 0.774. The summed E-state index contributed by atoms with van der Waals surface area (Å²) in [4.78, 5) is 22.3. The van der Waals surface area contributed by atoms with Gasteiger partial charge in [0, 0.05) is 19.3 Å². The highest BCUT2D eigenvalue weighted by Crippen LogP contribution is 2.26. The molecule has 2 heterocycles. The number of ether oxygens (including phenoxy) is 1. The van der Waals surface area contributed by atoms with Gasteiger partial charge in [0.2, 0.25) is 11.8 Å². The summed E-state index contributed by atoms with van der Waals surface area (Å²) in [5.74, 6) is 0.897. The average molecular weight is 333 g/mol. The van der Waals surface area contributed by atoms with E-state index >= 15 is 0 Å². The van der Waals surface area contributed by atoms with Crippen molar-refractivity contribution in [1.29, 1.82) is 0 Å². The molecule has 0 aliphatic heterocycles. The topological polar surface area (TPSA) is 93.4 Å². The van der Waals surface area contributed by atoms with Crippen molar-refractivity contribution < 1.29 is 14.1 Å². The van der Waals surface area contributed by atoms with Crippen LogP contribution in [-0.2, 0) is 11.2 Å². The van der Waals surface area contributed by atoms with Crippen LogP contribution >= 0.6 is 0 Å². The van der Waals surface area contributed by atoms with Crippen molar-refractivity contribution in [3.05, 3.63) is 24.2 Å². The van der Waals surface area contributed by atoms with E-state index in [-0.39, 0.29) is 24.3 Å². The Morgan fingerprint density at radius 1 is 1.42 bits per heavy atom. The van der Waals surface area contributed by atoms with E-state index in [4.69, 9.17) is 9.26 Å². The Morgan fingerprint density at radius 3 is 2.92 bits per heavy atom. The van der Waals surface area contributed by atoms with Crippen LogP contribution in [0.2, 0.25) is 0 Å². The van der Waals surface area contributed by atoms with Crippen molar-refractivity contribution in [3.63, 3.8) is 0 Å². The molecule has 1 N–H and O–H groups in total. The van der Waals surface area contributed by atoms with Gasteiger partial charge in [-0.1, -0.05) is 5.16 Å². The average Bonchev–Trinajstić information content (AvgIpc) is 2.95. The minimum atomic E-state index is -0.144. The van der Waals surface area contributed by atoms with Crippen LogP contribution in [0, 0.1) is 0 Å². The molecule has 0 saturated heterocycles. The molecule has 24 heavy (non-hydrogen) atoms. The lowest BCUT2D eigenvalue weighted by molar-refractivity contribution is -0.120. The predicted molar refractivity (Wildman–Crippen MR) is 88.6 cm³/mol. The molecule has 8 nitrogen and oxygen atoms in total. The number of carbonyl (C=O) groups excluding carboxylic acids is 1. The maximum Gasteiger partial charge on any atom is 0.263 e. The summed E-state index contributed by atoms with van der Waals surface area (Å²) in [6, 6.07) is 3.56. The number of pyridine rings is 1. The SMILES string of the molecule is CC(C)Oc1ncccc1-c1nc(CC(=O)NCCN(C)C)no1. The molecule has 0 bridgehead atoms. The van der Waals surface area contributed by atoms with Crippen molar-refractivity contribution in [2.24, 2.45) is 0 Å². The molecule has 130 valence electrons. The zero-order valence-electron chi connectivity index (χ0n) is 14.4. The second-order valence-electron chi connectivity index (χ2n) is 5.87. The molecule has 0 saturated carbocycles. The Balaban J connectivity index is 2.02. The molecule has 1 amide bonds. The third kappa shape index (κ3) is 5.31. The zero-order valence-corrected chi connectivity index (χ0v) is 14.4. The lowest BCUT2D eigenvalue weighted by atomic mass is 10.2. The lowest BCUT2D eigenvalue weighted by Gasteiger charge is -2.10. The van der Waals surface area contributed by atoms with Gasteiger partial charge in [-0.25, -0.2) is 4.98 Å². The first-order valence-corrected chi connectivity index (χ1v) is 7.81. The Bertz CT molecular complexity index is 669. The summed E-state index contributed by atoms with van der Waals surface area (Å²) in [5.41, 5.74) is 0.609. The predicted octanol–water partition coefficient (Wildman–Crippen LogP) is 1.14. The highest BCUT2D eigenvalue weighted by atomic mass is 16.5. The normalized spacial score (nSPS) is 11.1. The van der Waals surface area contributed by atoms with Gasteiger partial charge in [-0.05, 0) is 40.1 Å². The minimum absolute atomic E-state index is 0.0245. The van der Waals surface area contributed by atoms with Gasteiger partial charge in [0.25, 0.3) is 5.89 Å². The van der Waals surface area contributed by atoms with Gasteiger partial charge in [0.15, 0.2) is 5.82 Å². The zero-order chi connectivity index (χ0) is 17.5. The van der Waals surface area contributed by atoms with Crippen LogP contribution in [-0.4, -0.2) is 59.2 Å². The molecule has 0 aromatic carbocycles. The molecule has 2 aromatic heterocycles. The highest BCUT2D eigenvalue weighted by Gasteiger charge is 2.17. The molecule has 0 spiro atoms. The van der Waals surface area contributed by atoms with Crippen molar-refractivity contribution in [1.82, 2.24) is 25.3 Å². The van der Waals surface area contributed by atoms with E-state index in [9.17, 15) is 4.79 Å². The lowest BCUT2D eigenvalue weighted by Crippen LogP contribution is -2.32. The van der Waals surface area contributed by atoms with E-state index in [0.29, 0.717) is 23.8 Å². The molecule has 8 heteroatoms. The third-order valence-corrected chi connectivity index (χ3v) is 3.02. The molecule has 0 fully saturated rings. The van der Waals surface area contributed by atoms with E-state index in [1.54, 1.807) is 18.3 Å². The molecule has 0 radical (unpaired) electrons. The molecule has 2 aromatic rings. The molecular formula is C16H23N5O3. The van der Waals surface area contributed by atoms with Gasteiger partial charge in [0.05, 0.1) is 12.5 Å². The molecule has 0 unspecified atom stereocenters. The molecule has 0 atom stereocenters. The van der Waals surface area contributed by atoms with E-state index < -0.39 is 0 Å². The number of amides is 1. The fourth-order valence-corrected chi connectivity index (χ4v) is 1.93. The monoisotopic (exact) mass is 333 g/mol. The van der Waals surface area contributed by atoms with Crippen molar-refractivity contribution in [2.75, 3.05) is 27.2 Å².